The number of ether oxygens (including phenoxy) is 2. The summed E-state index contributed by atoms with van der Waals surface area (Å²) >= 11 is 0. The Morgan fingerprint density at radius 2 is 1.75 bits per heavy atom. The first-order valence-electron chi connectivity index (χ1n) is 7.44. The van der Waals surface area contributed by atoms with E-state index in [1.54, 1.807) is 0 Å². The van der Waals surface area contributed by atoms with Gasteiger partial charge in [0.15, 0.2) is 6.29 Å². The normalized spacial score (nSPS) is 30.4. The molecule has 0 spiro atoms. The largest absolute Gasteiger partial charge is 0.465 e. The molecule has 2 heteroatoms. The first kappa shape index (κ1) is 13.4. The van der Waals surface area contributed by atoms with Crippen molar-refractivity contribution in [2.75, 3.05) is 0 Å². The molecule has 2 aromatic carbocycles. The Morgan fingerprint density at radius 1 is 1.00 bits per heavy atom. The molecule has 0 aromatic heterocycles. The van der Waals surface area contributed by atoms with Crippen LogP contribution in [0.4, 0.5) is 0 Å². The van der Waals surface area contributed by atoms with E-state index in [0.717, 1.165) is 12.2 Å². The van der Waals surface area contributed by atoms with Gasteiger partial charge in [0, 0.05) is 6.42 Å². The van der Waals surface area contributed by atoms with Crippen LogP contribution in [0.15, 0.2) is 42.5 Å². The fraction of sp³-hybridized carbons (Fsp3) is 0.444. The standard InChI is InChI=1S/C18H22O2/c1-12-10-18(19-14(3)13(12)2)20-17-9-8-15-6-4-5-7-16(15)11-17/h4-9,11-14,18H,10H2,1-3H3/t12-,13-,14?,18-/m1/s1. The summed E-state index contributed by atoms with van der Waals surface area (Å²) in [4.78, 5) is 0. The van der Waals surface area contributed by atoms with Crippen LogP contribution < -0.4 is 4.74 Å². The summed E-state index contributed by atoms with van der Waals surface area (Å²) in [6, 6.07) is 14.5. The maximum atomic E-state index is 6.03. The van der Waals surface area contributed by atoms with Gasteiger partial charge in [0.05, 0.1) is 6.10 Å². The molecule has 1 aliphatic heterocycles. The Balaban J connectivity index is 1.76. The lowest BCUT2D eigenvalue weighted by atomic mass is 9.86. The van der Waals surface area contributed by atoms with Crippen LogP contribution in [0.2, 0.25) is 0 Å². The molecular weight excluding hydrogens is 248 g/mol. The van der Waals surface area contributed by atoms with E-state index in [1.165, 1.54) is 10.8 Å². The minimum Gasteiger partial charge on any atom is -0.465 e. The highest BCUT2D eigenvalue weighted by Gasteiger charge is 2.31. The Labute approximate surface area is 120 Å². The monoisotopic (exact) mass is 270 g/mol. The molecule has 4 atom stereocenters. The molecule has 1 heterocycles. The first-order chi connectivity index (χ1) is 9.63. The third-order valence-corrected chi connectivity index (χ3v) is 4.56. The molecule has 3 rings (SSSR count). The van der Waals surface area contributed by atoms with E-state index in [0.29, 0.717) is 11.8 Å². The SMILES string of the molecule is CC1O[C@H](Oc2ccc3ccccc3c2)C[C@@H](C)[C@H]1C. The molecule has 1 saturated heterocycles. The molecule has 0 amide bonds. The van der Waals surface area contributed by atoms with Gasteiger partial charge in [0.25, 0.3) is 0 Å². The highest BCUT2D eigenvalue weighted by molar-refractivity contribution is 5.83. The van der Waals surface area contributed by atoms with Crippen molar-refractivity contribution in [3.8, 4) is 5.75 Å². The summed E-state index contributed by atoms with van der Waals surface area (Å²) in [5.41, 5.74) is 0. The average Bonchev–Trinajstić information content (AvgIpc) is 2.44. The molecule has 1 unspecified atom stereocenters. The number of rotatable bonds is 2. The maximum absolute atomic E-state index is 6.03. The van der Waals surface area contributed by atoms with Gasteiger partial charge in [-0.2, -0.15) is 0 Å². The highest BCUT2D eigenvalue weighted by atomic mass is 16.7. The average molecular weight is 270 g/mol. The maximum Gasteiger partial charge on any atom is 0.200 e. The van der Waals surface area contributed by atoms with Crippen LogP contribution in [0.25, 0.3) is 10.8 Å². The molecule has 20 heavy (non-hydrogen) atoms. The van der Waals surface area contributed by atoms with Crippen LogP contribution in [0.3, 0.4) is 0 Å². The summed E-state index contributed by atoms with van der Waals surface area (Å²) in [6.45, 7) is 6.67. The summed E-state index contributed by atoms with van der Waals surface area (Å²) in [5, 5.41) is 2.44. The second-order valence-electron chi connectivity index (χ2n) is 5.97. The first-order valence-corrected chi connectivity index (χ1v) is 7.44. The third-order valence-electron chi connectivity index (χ3n) is 4.56. The smallest absolute Gasteiger partial charge is 0.200 e. The van der Waals surface area contributed by atoms with Gasteiger partial charge in [-0.25, -0.2) is 0 Å². The number of hydrogen-bond acceptors (Lipinski definition) is 2. The van der Waals surface area contributed by atoms with Gasteiger partial charge in [-0.3, -0.25) is 0 Å². The van der Waals surface area contributed by atoms with Crippen molar-refractivity contribution in [3.63, 3.8) is 0 Å². The van der Waals surface area contributed by atoms with Gasteiger partial charge in [-0.1, -0.05) is 44.2 Å². The third kappa shape index (κ3) is 2.66. The second kappa shape index (κ2) is 5.45. The minimum absolute atomic E-state index is 0.127. The zero-order chi connectivity index (χ0) is 14.1. The molecule has 2 aromatic rings. The van der Waals surface area contributed by atoms with Crippen LogP contribution >= 0.6 is 0 Å². The Bertz CT molecular complexity index is 581. The van der Waals surface area contributed by atoms with Crippen molar-refractivity contribution in [1.29, 1.82) is 0 Å². The molecule has 106 valence electrons. The van der Waals surface area contributed by atoms with E-state index < -0.39 is 0 Å². The fourth-order valence-electron chi connectivity index (χ4n) is 2.87. The van der Waals surface area contributed by atoms with E-state index in [-0.39, 0.29) is 12.4 Å². The predicted octanol–water partition coefficient (Wildman–Crippen LogP) is 4.63. The number of hydrogen-bond donors (Lipinski definition) is 0. The van der Waals surface area contributed by atoms with Gasteiger partial charge >= 0.3 is 0 Å². The van der Waals surface area contributed by atoms with Gasteiger partial charge < -0.3 is 9.47 Å². The van der Waals surface area contributed by atoms with E-state index in [2.05, 4.69) is 57.2 Å². The molecular formula is C18H22O2. The summed E-state index contributed by atoms with van der Waals surface area (Å²) < 4.78 is 12.0. The van der Waals surface area contributed by atoms with Crippen molar-refractivity contribution in [2.24, 2.45) is 11.8 Å². The van der Waals surface area contributed by atoms with E-state index in [4.69, 9.17) is 9.47 Å². The lowest BCUT2D eigenvalue weighted by Crippen LogP contribution is -2.39. The van der Waals surface area contributed by atoms with Gasteiger partial charge in [-0.15, -0.1) is 0 Å². The predicted molar refractivity (Wildman–Crippen MR) is 81.9 cm³/mol. The fourth-order valence-corrected chi connectivity index (χ4v) is 2.87. The summed E-state index contributed by atoms with van der Waals surface area (Å²) in [7, 11) is 0. The second-order valence-corrected chi connectivity index (χ2v) is 5.97. The van der Waals surface area contributed by atoms with Crippen molar-refractivity contribution in [2.45, 2.75) is 39.6 Å². The molecule has 1 aliphatic rings. The highest BCUT2D eigenvalue weighted by Crippen LogP contribution is 2.31. The van der Waals surface area contributed by atoms with Gasteiger partial charge in [0.2, 0.25) is 0 Å². The van der Waals surface area contributed by atoms with Crippen LogP contribution in [0.5, 0.6) is 5.75 Å². The topological polar surface area (TPSA) is 18.5 Å². The van der Waals surface area contributed by atoms with Crippen molar-refractivity contribution < 1.29 is 9.47 Å². The van der Waals surface area contributed by atoms with Crippen LogP contribution in [0, 0.1) is 11.8 Å². The van der Waals surface area contributed by atoms with Crippen LogP contribution in [-0.4, -0.2) is 12.4 Å². The Kier molecular flexibility index (Phi) is 3.66. The quantitative estimate of drug-likeness (QED) is 0.792. The van der Waals surface area contributed by atoms with Crippen molar-refractivity contribution in [1.82, 2.24) is 0 Å². The Hall–Kier alpha value is -1.54. The van der Waals surface area contributed by atoms with Crippen LogP contribution in [-0.2, 0) is 4.74 Å². The zero-order valence-corrected chi connectivity index (χ0v) is 12.4. The van der Waals surface area contributed by atoms with Crippen LogP contribution in [0.1, 0.15) is 27.2 Å². The molecule has 2 nitrogen and oxygen atoms in total. The molecule has 0 N–H and O–H groups in total. The van der Waals surface area contributed by atoms with Gasteiger partial charge in [-0.05, 0) is 41.7 Å². The van der Waals surface area contributed by atoms with E-state index in [9.17, 15) is 0 Å². The lowest BCUT2D eigenvalue weighted by molar-refractivity contribution is -0.175. The zero-order valence-electron chi connectivity index (χ0n) is 12.4. The van der Waals surface area contributed by atoms with Crippen molar-refractivity contribution in [3.05, 3.63) is 42.5 Å². The Morgan fingerprint density at radius 3 is 2.50 bits per heavy atom. The van der Waals surface area contributed by atoms with Gasteiger partial charge in [0.1, 0.15) is 5.75 Å². The van der Waals surface area contributed by atoms with E-state index >= 15 is 0 Å². The lowest BCUT2D eigenvalue weighted by Gasteiger charge is -2.37. The molecule has 0 bridgehead atoms. The molecule has 1 fully saturated rings. The summed E-state index contributed by atoms with van der Waals surface area (Å²) in [6.07, 6.45) is 1.08. The van der Waals surface area contributed by atoms with Crippen molar-refractivity contribution >= 4 is 10.8 Å². The molecule has 0 saturated carbocycles. The molecule has 0 radical (unpaired) electrons. The minimum atomic E-state index is -0.127. The van der Waals surface area contributed by atoms with E-state index in [1.807, 2.05) is 6.07 Å². The number of fused-ring (bicyclic) bond motifs is 1. The summed E-state index contributed by atoms with van der Waals surface area (Å²) in [5.74, 6) is 2.11. The number of benzene rings is 2. The molecule has 0 aliphatic carbocycles.